The Morgan fingerprint density at radius 2 is 1.71 bits per heavy atom. The van der Waals surface area contributed by atoms with E-state index in [2.05, 4.69) is 13.8 Å². The molecule has 0 heterocycles. The van der Waals surface area contributed by atoms with E-state index in [9.17, 15) is 5.11 Å². The van der Waals surface area contributed by atoms with Crippen molar-refractivity contribution in [1.29, 1.82) is 0 Å². The summed E-state index contributed by atoms with van der Waals surface area (Å²) in [5, 5.41) is 9.75. The van der Waals surface area contributed by atoms with Crippen LogP contribution in [0.15, 0.2) is 0 Å². The molecule has 0 aliphatic carbocycles. The first-order valence-electron chi connectivity index (χ1n) is 5.50. The second-order valence-corrected chi connectivity index (χ2v) is 3.54. The Morgan fingerprint density at radius 3 is 2.21 bits per heavy atom. The lowest BCUT2D eigenvalue weighted by Crippen LogP contribution is -2.21. The van der Waals surface area contributed by atoms with E-state index in [0.717, 1.165) is 19.3 Å². The molecule has 0 fully saturated rings. The summed E-state index contributed by atoms with van der Waals surface area (Å²) >= 11 is 0. The third-order valence-electron chi connectivity index (χ3n) is 2.58. The van der Waals surface area contributed by atoms with Crippen molar-refractivity contribution in [2.75, 3.05) is 26.9 Å². The minimum atomic E-state index is -0.215. The van der Waals surface area contributed by atoms with Gasteiger partial charge in [0, 0.05) is 13.7 Å². The van der Waals surface area contributed by atoms with Crippen molar-refractivity contribution >= 4 is 0 Å². The Labute approximate surface area is 87.4 Å². The van der Waals surface area contributed by atoms with Gasteiger partial charge in [-0.2, -0.15) is 0 Å². The molecule has 0 aliphatic heterocycles. The highest BCUT2D eigenvalue weighted by Crippen LogP contribution is 2.15. The summed E-state index contributed by atoms with van der Waals surface area (Å²) in [7, 11) is 1.66. The summed E-state index contributed by atoms with van der Waals surface area (Å²) in [5.41, 5.74) is 0. The molecule has 0 aliphatic rings. The third-order valence-corrected chi connectivity index (χ3v) is 2.58. The van der Waals surface area contributed by atoms with Gasteiger partial charge in [-0.3, -0.25) is 0 Å². The lowest BCUT2D eigenvalue weighted by Gasteiger charge is -2.19. The highest BCUT2D eigenvalue weighted by molar-refractivity contribution is 4.65. The smallest absolute Gasteiger partial charge is 0.0700 e. The van der Waals surface area contributed by atoms with E-state index in [0.29, 0.717) is 25.7 Å². The van der Waals surface area contributed by atoms with Gasteiger partial charge in [0.25, 0.3) is 0 Å². The van der Waals surface area contributed by atoms with Crippen molar-refractivity contribution in [3.8, 4) is 0 Å². The summed E-state index contributed by atoms with van der Waals surface area (Å²) < 4.78 is 10.2. The molecule has 1 N–H and O–H groups in total. The lowest BCUT2D eigenvalue weighted by molar-refractivity contribution is 0.0294. The Morgan fingerprint density at radius 1 is 1.07 bits per heavy atom. The Bertz CT molecular complexity index is 113. The molecule has 3 heteroatoms. The van der Waals surface area contributed by atoms with Gasteiger partial charge < -0.3 is 14.6 Å². The van der Waals surface area contributed by atoms with Crippen LogP contribution in [0, 0.1) is 5.92 Å². The number of aliphatic hydroxyl groups is 1. The number of ether oxygens (including phenoxy) is 2. The number of hydrogen-bond donors (Lipinski definition) is 1. The van der Waals surface area contributed by atoms with Crippen molar-refractivity contribution in [3.05, 3.63) is 0 Å². The number of methoxy groups -OCH3 is 1. The van der Waals surface area contributed by atoms with E-state index in [1.54, 1.807) is 7.11 Å². The first-order valence-corrected chi connectivity index (χ1v) is 5.50. The molecule has 0 saturated heterocycles. The van der Waals surface area contributed by atoms with Crippen molar-refractivity contribution in [1.82, 2.24) is 0 Å². The molecule has 0 aromatic carbocycles. The largest absolute Gasteiger partial charge is 0.393 e. The van der Waals surface area contributed by atoms with Gasteiger partial charge in [-0.1, -0.05) is 26.7 Å². The quantitative estimate of drug-likeness (QED) is 0.582. The molecule has 86 valence electrons. The van der Waals surface area contributed by atoms with Crippen LogP contribution in [0.25, 0.3) is 0 Å². The fraction of sp³-hybridized carbons (Fsp3) is 1.00. The molecule has 0 spiro atoms. The fourth-order valence-corrected chi connectivity index (χ4v) is 1.52. The normalized spacial score (nSPS) is 13.5. The van der Waals surface area contributed by atoms with Crippen molar-refractivity contribution in [2.45, 2.75) is 39.2 Å². The molecular weight excluding hydrogens is 180 g/mol. The molecule has 0 aromatic rings. The molecule has 1 unspecified atom stereocenters. The van der Waals surface area contributed by atoms with Crippen LogP contribution in [0.5, 0.6) is 0 Å². The van der Waals surface area contributed by atoms with Crippen molar-refractivity contribution < 1.29 is 14.6 Å². The molecule has 0 bridgehead atoms. The summed E-state index contributed by atoms with van der Waals surface area (Å²) in [6, 6.07) is 0. The predicted octanol–water partition coefficient (Wildman–Crippen LogP) is 1.84. The molecule has 3 nitrogen and oxygen atoms in total. The average Bonchev–Trinajstić information content (AvgIpc) is 2.19. The van der Waals surface area contributed by atoms with Crippen LogP contribution in [0.3, 0.4) is 0 Å². The van der Waals surface area contributed by atoms with Crippen LogP contribution in [-0.2, 0) is 9.47 Å². The zero-order valence-electron chi connectivity index (χ0n) is 9.66. The van der Waals surface area contributed by atoms with Crippen LogP contribution < -0.4 is 0 Å². The monoisotopic (exact) mass is 204 g/mol. The second-order valence-electron chi connectivity index (χ2n) is 3.54. The van der Waals surface area contributed by atoms with Gasteiger partial charge in [-0.15, -0.1) is 0 Å². The highest BCUT2D eigenvalue weighted by atomic mass is 16.5. The molecule has 0 radical (unpaired) electrons. The number of rotatable bonds is 9. The van der Waals surface area contributed by atoms with Crippen molar-refractivity contribution in [3.63, 3.8) is 0 Å². The van der Waals surface area contributed by atoms with E-state index < -0.39 is 0 Å². The minimum absolute atomic E-state index is 0.215. The fourth-order valence-electron chi connectivity index (χ4n) is 1.52. The van der Waals surface area contributed by atoms with Gasteiger partial charge in [0.15, 0.2) is 0 Å². The maximum absolute atomic E-state index is 9.75. The standard InChI is InChI=1S/C11H24O3/c1-4-10(5-2)11(12)6-7-14-9-8-13-3/h10-12H,4-9H2,1-3H3. The Hall–Kier alpha value is -0.120. The molecular formula is C11H24O3. The zero-order valence-corrected chi connectivity index (χ0v) is 9.66. The van der Waals surface area contributed by atoms with E-state index >= 15 is 0 Å². The molecule has 0 amide bonds. The van der Waals surface area contributed by atoms with Gasteiger partial charge in [-0.05, 0) is 12.3 Å². The van der Waals surface area contributed by atoms with E-state index in [-0.39, 0.29) is 6.10 Å². The summed E-state index contributed by atoms with van der Waals surface area (Å²) in [6.07, 6.45) is 2.59. The molecule has 1 atom stereocenters. The maximum Gasteiger partial charge on any atom is 0.0700 e. The number of aliphatic hydroxyl groups excluding tert-OH is 1. The average molecular weight is 204 g/mol. The Balaban J connectivity index is 3.37. The first-order chi connectivity index (χ1) is 6.76. The molecule has 0 saturated carbocycles. The van der Waals surface area contributed by atoms with Gasteiger partial charge in [0.05, 0.1) is 19.3 Å². The first kappa shape index (κ1) is 13.9. The van der Waals surface area contributed by atoms with Crippen LogP contribution in [0.1, 0.15) is 33.1 Å². The van der Waals surface area contributed by atoms with Crippen LogP contribution in [-0.4, -0.2) is 38.1 Å². The molecule has 14 heavy (non-hydrogen) atoms. The second kappa shape index (κ2) is 9.44. The maximum atomic E-state index is 9.75. The summed E-state index contributed by atoms with van der Waals surface area (Å²) in [6.45, 7) is 6.10. The van der Waals surface area contributed by atoms with Crippen LogP contribution >= 0.6 is 0 Å². The van der Waals surface area contributed by atoms with Crippen LogP contribution in [0.2, 0.25) is 0 Å². The van der Waals surface area contributed by atoms with Gasteiger partial charge in [0.2, 0.25) is 0 Å². The molecule has 0 rings (SSSR count). The van der Waals surface area contributed by atoms with Crippen LogP contribution in [0.4, 0.5) is 0 Å². The van der Waals surface area contributed by atoms with Crippen molar-refractivity contribution in [2.24, 2.45) is 5.92 Å². The highest BCUT2D eigenvalue weighted by Gasteiger charge is 2.14. The topological polar surface area (TPSA) is 38.7 Å². The van der Waals surface area contributed by atoms with Gasteiger partial charge in [-0.25, -0.2) is 0 Å². The zero-order chi connectivity index (χ0) is 10.8. The van der Waals surface area contributed by atoms with E-state index in [1.807, 2.05) is 0 Å². The summed E-state index contributed by atoms with van der Waals surface area (Å²) in [4.78, 5) is 0. The predicted molar refractivity (Wildman–Crippen MR) is 57.4 cm³/mol. The number of hydrogen-bond acceptors (Lipinski definition) is 3. The Kier molecular flexibility index (Phi) is 9.35. The van der Waals surface area contributed by atoms with Gasteiger partial charge >= 0.3 is 0 Å². The third kappa shape index (κ3) is 6.35. The van der Waals surface area contributed by atoms with Gasteiger partial charge in [0.1, 0.15) is 0 Å². The van der Waals surface area contributed by atoms with E-state index in [4.69, 9.17) is 9.47 Å². The molecule has 0 aromatic heterocycles. The SMILES string of the molecule is CCC(CC)C(O)CCOCCOC. The van der Waals surface area contributed by atoms with E-state index in [1.165, 1.54) is 0 Å². The summed E-state index contributed by atoms with van der Waals surface area (Å²) in [5.74, 6) is 0.418. The minimum Gasteiger partial charge on any atom is -0.393 e. The lowest BCUT2D eigenvalue weighted by atomic mass is 9.95.